The van der Waals surface area contributed by atoms with E-state index < -0.39 is 0 Å². The topological polar surface area (TPSA) is 63.5 Å². The number of nitrogens with one attached hydrogen (secondary N) is 2. The van der Waals surface area contributed by atoms with Crippen LogP contribution in [0.2, 0.25) is 0 Å². The van der Waals surface area contributed by atoms with E-state index >= 15 is 0 Å². The van der Waals surface area contributed by atoms with Gasteiger partial charge in [-0.15, -0.1) is 24.0 Å². The van der Waals surface area contributed by atoms with Crippen molar-refractivity contribution in [3.63, 3.8) is 0 Å². The largest absolute Gasteiger partial charge is 0.381 e. The van der Waals surface area contributed by atoms with Gasteiger partial charge in [-0.3, -0.25) is 0 Å². The number of para-hydroxylation sites is 2. The molecule has 26 heavy (non-hydrogen) atoms. The van der Waals surface area contributed by atoms with Crippen LogP contribution in [0.5, 0.6) is 0 Å². The van der Waals surface area contributed by atoms with Gasteiger partial charge in [-0.1, -0.05) is 25.5 Å². The number of aromatic nitrogens is 2. The fourth-order valence-corrected chi connectivity index (χ4v) is 2.56. The minimum atomic E-state index is 0. The zero-order valence-corrected chi connectivity index (χ0v) is 18.5. The van der Waals surface area contributed by atoms with Crippen LogP contribution in [0.25, 0.3) is 11.0 Å². The van der Waals surface area contributed by atoms with Crippen molar-refractivity contribution >= 4 is 41.0 Å². The van der Waals surface area contributed by atoms with Gasteiger partial charge >= 0.3 is 0 Å². The average Bonchev–Trinajstić information content (AvgIpc) is 2.95. The highest BCUT2D eigenvalue weighted by molar-refractivity contribution is 14.0. The number of hydrogen-bond donors (Lipinski definition) is 2. The summed E-state index contributed by atoms with van der Waals surface area (Å²) in [7, 11) is 2.04. The molecule has 0 spiro atoms. The minimum Gasteiger partial charge on any atom is -0.381 e. The van der Waals surface area contributed by atoms with Crippen LogP contribution in [0, 0.1) is 0 Å². The van der Waals surface area contributed by atoms with Gasteiger partial charge in [0.2, 0.25) is 0 Å². The standard InChI is InChI=1S/C19H31N5O.HI/c1-4-6-13-25-14-9-12-21-19(20-5-2)22-15-18-23-16-10-7-8-11-17(16)24(18)3;/h7-8,10-11H,4-6,9,12-15H2,1-3H3,(H2,20,21,22);1H. The summed E-state index contributed by atoms with van der Waals surface area (Å²) in [6, 6.07) is 8.16. The molecular formula is C19H32IN5O. The number of unbranched alkanes of at least 4 members (excludes halogenated alkanes) is 1. The summed E-state index contributed by atoms with van der Waals surface area (Å²) in [6.07, 6.45) is 3.29. The highest BCUT2D eigenvalue weighted by Gasteiger charge is 2.06. The van der Waals surface area contributed by atoms with Crippen molar-refractivity contribution in [2.24, 2.45) is 12.0 Å². The number of aryl methyl sites for hydroxylation is 1. The summed E-state index contributed by atoms with van der Waals surface area (Å²) in [5, 5.41) is 6.64. The van der Waals surface area contributed by atoms with Gasteiger partial charge in [-0.25, -0.2) is 9.98 Å². The maximum atomic E-state index is 5.58. The van der Waals surface area contributed by atoms with Gasteiger partial charge in [-0.2, -0.15) is 0 Å². The molecule has 0 aliphatic carbocycles. The fraction of sp³-hybridized carbons (Fsp3) is 0.579. The molecule has 0 bridgehead atoms. The smallest absolute Gasteiger partial charge is 0.191 e. The summed E-state index contributed by atoms with van der Waals surface area (Å²) in [5.41, 5.74) is 2.15. The van der Waals surface area contributed by atoms with Crippen molar-refractivity contribution in [3.8, 4) is 0 Å². The first-order valence-corrected chi connectivity index (χ1v) is 9.26. The second kappa shape index (κ2) is 12.9. The molecule has 2 rings (SSSR count). The number of guanidine groups is 1. The second-order valence-electron chi connectivity index (χ2n) is 6.02. The van der Waals surface area contributed by atoms with Gasteiger partial charge in [-0.05, 0) is 31.9 Å². The molecule has 0 radical (unpaired) electrons. The number of nitrogens with zero attached hydrogens (tertiary/aromatic N) is 3. The van der Waals surface area contributed by atoms with Crippen molar-refractivity contribution in [2.45, 2.75) is 39.7 Å². The van der Waals surface area contributed by atoms with E-state index in [0.29, 0.717) is 6.54 Å². The third-order valence-electron chi connectivity index (χ3n) is 4.00. The van der Waals surface area contributed by atoms with Crippen molar-refractivity contribution in [1.29, 1.82) is 0 Å². The van der Waals surface area contributed by atoms with Crippen LogP contribution in [-0.4, -0.2) is 41.8 Å². The maximum Gasteiger partial charge on any atom is 0.191 e. The normalized spacial score (nSPS) is 11.4. The molecule has 0 aliphatic heterocycles. The zero-order chi connectivity index (χ0) is 17.9. The molecule has 1 heterocycles. The lowest BCUT2D eigenvalue weighted by Crippen LogP contribution is -2.38. The summed E-state index contributed by atoms with van der Waals surface area (Å²) in [6.45, 7) is 8.12. The highest BCUT2D eigenvalue weighted by atomic mass is 127. The number of ether oxygens (including phenoxy) is 1. The van der Waals surface area contributed by atoms with Crippen molar-refractivity contribution in [3.05, 3.63) is 30.1 Å². The predicted octanol–water partition coefficient (Wildman–Crippen LogP) is 3.45. The van der Waals surface area contributed by atoms with Crippen molar-refractivity contribution in [2.75, 3.05) is 26.3 Å². The van der Waals surface area contributed by atoms with Gasteiger partial charge in [0.05, 0.1) is 11.0 Å². The van der Waals surface area contributed by atoms with E-state index in [1.165, 1.54) is 6.42 Å². The molecule has 0 unspecified atom stereocenters. The number of hydrogen-bond acceptors (Lipinski definition) is 3. The molecule has 1 aromatic heterocycles. The summed E-state index contributed by atoms with van der Waals surface area (Å²) in [5.74, 6) is 1.78. The minimum absolute atomic E-state index is 0. The first-order valence-electron chi connectivity index (χ1n) is 9.26. The number of benzene rings is 1. The summed E-state index contributed by atoms with van der Waals surface area (Å²) in [4.78, 5) is 9.32. The molecule has 0 saturated heterocycles. The Kier molecular flexibility index (Phi) is 11.3. The predicted molar refractivity (Wildman–Crippen MR) is 119 cm³/mol. The molecule has 0 atom stereocenters. The first kappa shape index (κ1) is 22.7. The summed E-state index contributed by atoms with van der Waals surface area (Å²) < 4.78 is 7.68. The van der Waals surface area contributed by atoms with Crippen LogP contribution in [0.4, 0.5) is 0 Å². The molecule has 146 valence electrons. The molecule has 1 aromatic carbocycles. The SMILES string of the molecule is CCCCOCCCNC(=NCc1nc2ccccc2n1C)NCC.I. The van der Waals surface area contributed by atoms with Crippen LogP contribution >= 0.6 is 24.0 Å². The molecule has 0 fully saturated rings. The van der Waals surface area contributed by atoms with E-state index in [9.17, 15) is 0 Å². The highest BCUT2D eigenvalue weighted by Crippen LogP contribution is 2.14. The fourth-order valence-electron chi connectivity index (χ4n) is 2.56. The average molecular weight is 473 g/mol. The van der Waals surface area contributed by atoms with Crippen molar-refractivity contribution in [1.82, 2.24) is 20.2 Å². The quantitative estimate of drug-likeness (QED) is 0.240. The van der Waals surface area contributed by atoms with Gasteiger partial charge in [0.25, 0.3) is 0 Å². The Morgan fingerprint density at radius 2 is 1.92 bits per heavy atom. The Labute approximate surface area is 173 Å². The zero-order valence-electron chi connectivity index (χ0n) is 16.1. The third kappa shape index (κ3) is 7.11. The van der Waals surface area contributed by atoms with Crippen LogP contribution in [0.1, 0.15) is 38.9 Å². The monoisotopic (exact) mass is 473 g/mol. The van der Waals surface area contributed by atoms with Gasteiger partial charge < -0.3 is 19.9 Å². The van der Waals surface area contributed by atoms with E-state index in [1.54, 1.807) is 0 Å². The molecule has 0 saturated carbocycles. The molecule has 0 amide bonds. The number of fused-ring (bicyclic) bond motifs is 1. The number of aliphatic imine (C=N–C) groups is 1. The van der Waals surface area contributed by atoms with Crippen LogP contribution in [0.15, 0.2) is 29.3 Å². The molecule has 7 heteroatoms. The Morgan fingerprint density at radius 1 is 1.15 bits per heavy atom. The van der Waals surface area contributed by atoms with E-state index in [-0.39, 0.29) is 24.0 Å². The van der Waals surface area contributed by atoms with Gasteiger partial charge in [0.1, 0.15) is 12.4 Å². The van der Waals surface area contributed by atoms with E-state index in [2.05, 4.69) is 45.1 Å². The maximum absolute atomic E-state index is 5.58. The van der Waals surface area contributed by atoms with Crippen LogP contribution < -0.4 is 10.6 Å². The lowest BCUT2D eigenvalue weighted by atomic mass is 10.3. The number of rotatable bonds is 10. The Morgan fingerprint density at radius 3 is 2.65 bits per heavy atom. The molecule has 6 nitrogen and oxygen atoms in total. The lowest BCUT2D eigenvalue weighted by Gasteiger charge is -2.11. The summed E-state index contributed by atoms with van der Waals surface area (Å²) >= 11 is 0. The number of imidazole rings is 1. The Balaban J connectivity index is 0.00000338. The third-order valence-corrected chi connectivity index (χ3v) is 4.00. The van der Waals surface area contributed by atoms with Gasteiger partial charge in [0, 0.05) is 33.4 Å². The molecular weight excluding hydrogens is 441 g/mol. The molecule has 2 aromatic rings. The second-order valence-corrected chi connectivity index (χ2v) is 6.02. The number of halogens is 1. The van der Waals surface area contributed by atoms with Crippen LogP contribution in [-0.2, 0) is 18.3 Å². The Bertz CT molecular complexity index is 671. The molecule has 0 aliphatic rings. The van der Waals surface area contributed by atoms with E-state index in [1.807, 2.05) is 25.2 Å². The van der Waals surface area contributed by atoms with Crippen LogP contribution in [0.3, 0.4) is 0 Å². The van der Waals surface area contributed by atoms with Gasteiger partial charge in [0.15, 0.2) is 5.96 Å². The Hall–Kier alpha value is -1.35. The molecule has 2 N–H and O–H groups in total. The van der Waals surface area contributed by atoms with Crippen molar-refractivity contribution < 1.29 is 4.74 Å². The van der Waals surface area contributed by atoms with E-state index in [0.717, 1.165) is 62.0 Å². The van der Waals surface area contributed by atoms with E-state index in [4.69, 9.17) is 4.74 Å². The first-order chi connectivity index (χ1) is 12.3. The lowest BCUT2D eigenvalue weighted by molar-refractivity contribution is 0.129.